The van der Waals surface area contributed by atoms with Crippen LogP contribution in [0.4, 0.5) is 11.4 Å². The van der Waals surface area contributed by atoms with Crippen molar-refractivity contribution in [2.75, 3.05) is 18.2 Å². The number of carbonyl (C=O) groups is 1. The van der Waals surface area contributed by atoms with Gasteiger partial charge in [-0.2, -0.15) is 5.26 Å². The van der Waals surface area contributed by atoms with Crippen molar-refractivity contribution in [3.05, 3.63) is 53.6 Å². The molecular weight excluding hydrogens is 282 g/mol. The fourth-order valence-electron chi connectivity index (χ4n) is 2.02. The zero-order valence-corrected chi connectivity index (χ0v) is 11.9. The Kier molecular flexibility index (Phi) is 4.49. The minimum absolute atomic E-state index is 0.341. The molecule has 0 amide bonds. The number of nitriles is 1. The molecule has 112 valence electrons. The van der Waals surface area contributed by atoms with Crippen molar-refractivity contribution in [2.24, 2.45) is 0 Å². The van der Waals surface area contributed by atoms with E-state index in [1.807, 2.05) is 6.07 Å². The molecule has 6 heteroatoms. The lowest BCUT2D eigenvalue weighted by molar-refractivity contribution is -0.307. The van der Waals surface area contributed by atoms with Crippen LogP contribution < -0.4 is 20.9 Å². The number of rotatable bonds is 5. The van der Waals surface area contributed by atoms with E-state index in [1.165, 1.54) is 13.2 Å². The van der Waals surface area contributed by atoms with Crippen LogP contribution in [0, 0.1) is 11.3 Å². The largest absolute Gasteiger partial charge is 0.548 e. The third-order valence-corrected chi connectivity index (χ3v) is 3.15. The summed E-state index contributed by atoms with van der Waals surface area (Å²) in [4.78, 5) is 11.4. The molecule has 0 fully saturated rings. The fourth-order valence-corrected chi connectivity index (χ4v) is 2.02. The maximum absolute atomic E-state index is 11.4. The number of carboxylic acid groups (broad SMARTS) is 1. The Labute approximate surface area is 127 Å². The molecule has 0 radical (unpaired) electrons. The van der Waals surface area contributed by atoms with E-state index in [-0.39, 0.29) is 0 Å². The summed E-state index contributed by atoms with van der Waals surface area (Å²) in [6, 6.07) is 12.1. The third kappa shape index (κ3) is 3.27. The molecule has 0 aliphatic heterocycles. The van der Waals surface area contributed by atoms with E-state index in [1.54, 1.807) is 36.4 Å². The standard InChI is InChI=1S/C16H15N3O3/c1-22-14-7-4-11(8-13(14)18)15(16(20)21)19-12-5-2-10(9-17)3-6-12/h2-8,15,19H,18H2,1H3,(H,20,21)/p-1. The van der Waals surface area contributed by atoms with Gasteiger partial charge >= 0.3 is 0 Å². The molecule has 0 aliphatic carbocycles. The Morgan fingerprint density at radius 3 is 2.50 bits per heavy atom. The van der Waals surface area contributed by atoms with E-state index in [4.69, 9.17) is 15.7 Å². The average molecular weight is 296 g/mol. The molecule has 0 aromatic heterocycles. The Hall–Kier alpha value is -3.20. The van der Waals surface area contributed by atoms with Crippen LogP contribution in [0.15, 0.2) is 42.5 Å². The summed E-state index contributed by atoms with van der Waals surface area (Å²) in [5.41, 5.74) is 7.63. The minimum atomic E-state index is -1.28. The first-order valence-corrected chi connectivity index (χ1v) is 6.46. The number of hydrogen-bond acceptors (Lipinski definition) is 6. The highest BCUT2D eigenvalue weighted by Gasteiger charge is 2.14. The molecule has 0 saturated heterocycles. The van der Waals surface area contributed by atoms with Gasteiger partial charge in [-0.15, -0.1) is 0 Å². The zero-order valence-electron chi connectivity index (χ0n) is 11.9. The Morgan fingerprint density at radius 2 is 2.00 bits per heavy atom. The lowest BCUT2D eigenvalue weighted by Gasteiger charge is -2.22. The van der Waals surface area contributed by atoms with Crippen molar-refractivity contribution in [3.63, 3.8) is 0 Å². The Morgan fingerprint density at radius 1 is 1.32 bits per heavy atom. The summed E-state index contributed by atoms with van der Waals surface area (Å²) < 4.78 is 5.04. The van der Waals surface area contributed by atoms with Crippen molar-refractivity contribution in [3.8, 4) is 11.8 Å². The first-order valence-electron chi connectivity index (χ1n) is 6.46. The summed E-state index contributed by atoms with van der Waals surface area (Å²) in [6.07, 6.45) is 0. The molecular formula is C16H14N3O3-. The number of nitrogens with one attached hydrogen (secondary N) is 1. The van der Waals surface area contributed by atoms with E-state index in [9.17, 15) is 9.90 Å². The maximum atomic E-state index is 11.4. The molecule has 3 N–H and O–H groups in total. The monoisotopic (exact) mass is 296 g/mol. The predicted octanol–water partition coefficient (Wildman–Crippen LogP) is 1.05. The number of carboxylic acids is 1. The van der Waals surface area contributed by atoms with E-state index in [0.717, 1.165) is 0 Å². The van der Waals surface area contributed by atoms with Crippen molar-refractivity contribution >= 4 is 17.3 Å². The molecule has 0 spiro atoms. The average Bonchev–Trinajstić information content (AvgIpc) is 2.52. The quantitative estimate of drug-likeness (QED) is 0.798. The van der Waals surface area contributed by atoms with Crippen LogP contribution in [-0.4, -0.2) is 13.1 Å². The van der Waals surface area contributed by atoms with Crippen LogP contribution in [0.25, 0.3) is 0 Å². The van der Waals surface area contributed by atoms with Gasteiger partial charge in [0.15, 0.2) is 0 Å². The van der Waals surface area contributed by atoms with Crippen LogP contribution >= 0.6 is 0 Å². The second kappa shape index (κ2) is 6.50. The second-order valence-corrected chi connectivity index (χ2v) is 4.59. The molecule has 0 heterocycles. The second-order valence-electron chi connectivity index (χ2n) is 4.59. The number of aliphatic carboxylic acids is 1. The highest BCUT2D eigenvalue weighted by molar-refractivity contribution is 5.78. The lowest BCUT2D eigenvalue weighted by atomic mass is 10.1. The molecule has 1 atom stereocenters. The Bertz CT molecular complexity index is 720. The topological polar surface area (TPSA) is 111 Å². The highest BCUT2D eigenvalue weighted by atomic mass is 16.5. The van der Waals surface area contributed by atoms with Gasteiger partial charge in [0.25, 0.3) is 0 Å². The van der Waals surface area contributed by atoms with E-state index in [2.05, 4.69) is 5.32 Å². The van der Waals surface area contributed by atoms with Gasteiger partial charge in [0.1, 0.15) is 5.75 Å². The highest BCUT2D eigenvalue weighted by Crippen LogP contribution is 2.27. The number of benzene rings is 2. The number of anilines is 2. The van der Waals surface area contributed by atoms with Gasteiger partial charge < -0.3 is 25.7 Å². The van der Waals surface area contributed by atoms with Gasteiger partial charge in [-0.05, 0) is 42.0 Å². The number of methoxy groups -OCH3 is 1. The Balaban J connectivity index is 2.28. The normalized spacial score (nSPS) is 11.3. The molecule has 1 unspecified atom stereocenters. The predicted molar refractivity (Wildman–Crippen MR) is 79.9 cm³/mol. The number of hydrogen-bond donors (Lipinski definition) is 2. The van der Waals surface area contributed by atoms with Gasteiger partial charge in [-0.3, -0.25) is 0 Å². The smallest absolute Gasteiger partial charge is 0.141 e. The van der Waals surface area contributed by atoms with Gasteiger partial charge in [0, 0.05) is 5.69 Å². The number of carbonyl (C=O) groups excluding carboxylic acids is 1. The van der Waals surface area contributed by atoms with Gasteiger partial charge in [0.2, 0.25) is 0 Å². The van der Waals surface area contributed by atoms with Crippen molar-refractivity contribution in [1.82, 2.24) is 0 Å². The van der Waals surface area contributed by atoms with Crippen LogP contribution in [0.5, 0.6) is 5.75 Å². The molecule has 6 nitrogen and oxygen atoms in total. The summed E-state index contributed by atoms with van der Waals surface area (Å²) in [6.45, 7) is 0. The molecule has 2 aromatic carbocycles. The molecule has 2 aromatic rings. The third-order valence-electron chi connectivity index (χ3n) is 3.15. The molecule has 2 rings (SSSR count). The van der Waals surface area contributed by atoms with E-state index >= 15 is 0 Å². The van der Waals surface area contributed by atoms with Crippen LogP contribution in [-0.2, 0) is 4.79 Å². The van der Waals surface area contributed by atoms with Crippen LogP contribution in [0.1, 0.15) is 17.2 Å². The zero-order chi connectivity index (χ0) is 16.1. The van der Waals surface area contributed by atoms with Crippen molar-refractivity contribution in [2.45, 2.75) is 6.04 Å². The maximum Gasteiger partial charge on any atom is 0.141 e. The molecule has 0 bridgehead atoms. The van der Waals surface area contributed by atoms with Crippen LogP contribution in [0.3, 0.4) is 0 Å². The number of ether oxygens (including phenoxy) is 1. The fraction of sp³-hybridized carbons (Fsp3) is 0.125. The number of nitrogens with two attached hydrogens (primary N) is 1. The van der Waals surface area contributed by atoms with E-state index < -0.39 is 12.0 Å². The summed E-state index contributed by atoms with van der Waals surface area (Å²) >= 11 is 0. The number of nitrogens with zero attached hydrogens (tertiary/aromatic N) is 1. The SMILES string of the molecule is COc1ccc(C(Nc2ccc(C#N)cc2)C(=O)[O-])cc1N. The first kappa shape index (κ1) is 15.2. The summed E-state index contributed by atoms with van der Waals surface area (Å²) in [5, 5.41) is 23.0. The molecule has 0 saturated carbocycles. The van der Waals surface area contributed by atoms with Crippen molar-refractivity contribution in [1.29, 1.82) is 5.26 Å². The van der Waals surface area contributed by atoms with Gasteiger partial charge in [-0.1, -0.05) is 6.07 Å². The van der Waals surface area contributed by atoms with E-state index in [0.29, 0.717) is 28.3 Å². The van der Waals surface area contributed by atoms with Gasteiger partial charge in [0.05, 0.1) is 36.4 Å². The summed E-state index contributed by atoms with van der Waals surface area (Å²) in [5.74, 6) is -0.812. The van der Waals surface area contributed by atoms with Crippen LogP contribution in [0.2, 0.25) is 0 Å². The number of nitrogen functional groups attached to an aromatic ring is 1. The summed E-state index contributed by atoms with van der Waals surface area (Å²) in [7, 11) is 1.48. The van der Waals surface area contributed by atoms with Gasteiger partial charge in [-0.25, -0.2) is 0 Å². The molecule has 0 aliphatic rings. The minimum Gasteiger partial charge on any atom is -0.548 e. The first-order chi connectivity index (χ1) is 10.5. The molecule has 22 heavy (non-hydrogen) atoms. The van der Waals surface area contributed by atoms with Crippen molar-refractivity contribution < 1.29 is 14.6 Å². The lowest BCUT2D eigenvalue weighted by Crippen LogP contribution is -2.34.